The van der Waals surface area contributed by atoms with E-state index in [2.05, 4.69) is 9.88 Å². The van der Waals surface area contributed by atoms with Crippen LogP contribution >= 0.6 is 0 Å². The molecule has 7 nitrogen and oxygen atoms in total. The highest BCUT2D eigenvalue weighted by molar-refractivity contribution is 6.25. The minimum Gasteiger partial charge on any atom is -0.368 e. The fourth-order valence-electron chi connectivity index (χ4n) is 4.60. The fourth-order valence-corrected chi connectivity index (χ4v) is 4.60. The zero-order valence-corrected chi connectivity index (χ0v) is 17.7. The van der Waals surface area contributed by atoms with E-state index in [1.165, 1.54) is 4.90 Å². The van der Waals surface area contributed by atoms with Crippen molar-refractivity contribution in [1.29, 1.82) is 0 Å². The summed E-state index contributed by atoms with van der Waals surface area (Å²) in [5.41, 5.74) is 2.22. The molecule has 162 valence electrons. The van der Waals surface area contributed by atoms with Gasteiger partial charge < -0.3 is 9.80 Å². The number of imide groups is 1. The summed E-state index contributed by atoms with van der Waals surface area (Å²) in [5, 5.41) is 1.62. The Morgan fingerprint density at radius 1 is 0.844 bits per heavy atom. The SMILES string of the molecule is O=C(CCCN1C(=O)c2cccc3cccc(c23)C1=O)N1CCN(c2ccncc2)CC1. The molecule has 0 unspecified atom stereocenters. The summed E-state index contributed by atoms with van der Waals surface area (Å²) in [4.78, 5) is 48.1. The third kappa shape index (κ3) is 3.60. The molecule has 1 aromatic heterocycles. The van der Waals surface area contributed by atoms with Crippen LogP contribution in [-0.2, 0) is 4.79 Å². The first-order valence-corrected chi connectivity index (χ1v) is 10.9. The number of carbonyl (C=O) groups is 3. The van der Waals surface area contributed by atoms with E-state index in [1.807, 2.05) is 41.3 Å². The van der Waals surface area contributed by atoms with Crippen LogP contribution in [0.15, 0.2) is 60.9 Å². The predicted molar refractivity (Wildman–Crippen MR) is 122 cm³/mol. The van der Waals surface area contributed by atoms with E-state index >= 15 is 0 Å². The summed E-state index contributed by atoms with van der Waals surface area (Å²) in [7, 11) is 0. The average molecular weight is 428 g/mol. The molecule has 3 aromatic rings. The van der Waals surface area contributed by atoms with Crippen molar-refractivity contribution in [3.63, 3.8) is 0 Å². The summed E-state index contributed by atoms with van der Waals surface area (Å²) in [6.07, 6.45) is 4.32. The fraction of sp³-hybridized carbons (Fsp3) is 0.280. The molecule has 0 radical (unpaired) electrons. The van der Waals surface area contributed by atoms with Gasteiger partial charge in [-0.25, -0.2) is 0 Å². The van der Waals surface area contributed by atoms with E-state index < -0.39 is 0 Å². The normalized spacial score (nSPS) is 16.1. The van der Waals surface area contributed by atoms with Crippen LogP contribution in [0.1, 0.15) is 33.6 Å². The second-order valence-electron chi connectivity index (χ2n) is 8.15. The number of amides is 3. The molecule has 0 aliphatic carbocycles. The van der Waals surface area contributed by atoms with Crippen LogP contribution in [-0.4, -0.2) is 65.2 Å². The minimum atomic E-state index is -0.280. The molecule has 1 fully saturated rings. The number of aromatic nitrogens is 1. The molecular formula is C25H24N4O3. The molecule has 0 spiro atoms. The van der Waals surface area contributed by atoms with Gasteiger partial charge in [0.05, 0.1) is 0 Å². The van der Waals surface area contributed by atoms with Gasteiger partial charge in [0.15, 0.2) is 0 Å². The molecule has 2 aliphatic rings. The van der Waals surface area contributed by atoms with Crippen molar-refractivity contribution in [1.82, 2.24) is 14.8 Å². The lowest BCUT2D eigenvalue weighted by Gasteiger charge is -2.36. The van der Waals surface area contributed by atoms with Crippen LogP contribution < -0.4 is 4.90 Å². The first kappa shape index (κ1) is 20.2. The molecule has 1 saturated heterocycles. The number of benzene rings is 2. The van der Waals surface area contributed by atoms with E-state index in [4.69, 9.17) is 0 Å². The summed E-state index contributed by atoms with van der Waals surface area (Å²) < 4.78 is 0. The highest BCUT2D eigenvalue weighted by Crippen LogP contribution is 2.30. The molecule has 3 amide bonds. The molecule has 0 N–H and O–H groups in total. The maximum atomic E-state index is 13.0. The van der Waals surface area contributed by atoms with Gasteiger partial charge in [-0.15, -0.1) is 0 Å². The average Bonchev–Trinajstić information content (AvgIpc) is 2.85. The smallest absolute Gasteiger partial charge is 0.261 e. The van der Waals surface area contributed by atoms with E-state index in [1.54, 1.807) is 24.5 Å². The Morgan fingerprint density at radius 2 is 1.47 bits per heavy atom. The molecule has 0 bridgehead atoms. The summed E-state index contributed by atoms with van der Waals surface area (Å²) in [5.74, 6) is -0.491. The van der Waals surface area contributed by atoms with Gasteiger partial charge in [-0.2, -0.15) is 0 Å². The lowest BCUT2D eigenvalue weighted by molar-refractivity contribution is -0.131. The van der Waals surface area contributed by atoms with Crippen LogP contribution in [0.3, 0.4) is 0 Å². The van der Waals surface area contributed by atoms with Gasteiger partial charge >= 0.3 is 0 Å². The summed E-state index contributed by atoms with van der Waals surface area (Å²) in [6.45, 7) is 3.13. The van der Waals surface area contributed by atoms with Crippen LogP contribution in [0.2, 0.25) is 0 Å². The lowest BCUT2D eigenvalue weighted by atomic mass is 9.94. The lowest BCUT2D eigenvalue weighted by Crippen LogP contribution is -2.49. The number of pyridine rings is 1. The molecule has 0 saturated carbocycles. The molecule has 32 heavy (non-hydrogen) atoms. The highest BCUT2D eigenvalue weighted by Gasteiger charge is 2.32. The maximum Gasteiger partial charge on any atom is 0.261 e. The van der Waals surface area contributed by atoms with Crippen molar-refractivity contribution in [2.75, 3.05) is 37.6 Å². The number of piperazine rings is 1. The van der Waals surface area contributed by atoms with Crippen molar-refractivity contribution in [3.8, 4) is 0 Å². The second kappa shape index (κ2) is 8.42. The molecule has 5 rings (SSSR count). The largest absolute Gasteiger partial charge is 0.368 e. The van der Waals surface area contributed by atoms with Crippen molar-refractivity contribution in [2.24, 2.45) is 0 Å². The first-order valence-electron chi connectivity index (χ1n) is 10.9. The standard InChI is InChI=1S/C25H24N4O3/c30-22(28-16-14-27(15-17-28)19-9-11-26-12-10-19)8-3-13-29-24(31)20-6-1-4-18-5-2-7-21(23(18)20)25(29)32/h1-2,4-7,9-12H,3,8,13-17H2. The van der Waals surface area contributed by atoms with E-state index in [0.29, 0.717) is 37.1 Å². The molecular weight excluding hydrogens is 404 g/mol. The monoisotopic (exact) mass is 428 g/mol. The Kier molecular flexibility index (Phi) is 5.31. The Balaban J connectivity index is 1.18. The van der Waals surface area contributed by atoms with Gasteiger partial charge in [0, 0.05) is 73.7 Å². The first-order chi connectivity index (χ1) is 15.6. The van der Waals surface area contributed by atoms with Gasteiger partial charge in [0.1, 0.15) is 0 Å². The maximum absolute atomic E-state index is 13.0. The topological polar surface area (TPSA) is 73.8 Å². The van der Waals surface area contributed by atoms with E-state index in [-0.39, 0.29) is 24.3 Å². The Labute approximate surface area is 186 Å². The highest BCUT2D eigenvalue weighted by atomic mass is 16.2. The molecule has 2 aromatic carbocycles. The molecule has 7 heteroatoms. The number of carbonyl (C=O) groups excluding carboxylic acids is 3. The van der Waals surface area contributed by atoms with Gasteiger partial charge in [-0.1, -0.05) is 24.3 Å². The third-order valence-electron chi connectivity index (χ3n) is 6.29. The van der Waals surface area contributed by atoms with Gasteiger partial charge in [-0.05, 0) is 36.1 Å². The molecule has 2 aliphatic heterocycles. The number of hydrogen-bond acceptors (Lipinski definition) is 5. The van der Waals surface area contributed by atoms with Crippen LogP contribution in [0.5, 0.6) is 0 Å². The Morgan fingerprint density at radius 3 is 2.09 bits per heavy atom. The third-order valence-corrected chi connectivity index (χ3v) is 6.29. The van der Waals surface area contributed by atoms with Gasteiger partial charge in [-0.3, -0.25) is 24.3 Å². The predicted octanol–water partition coefficient (Wildman–Crippen LogP) is 2.96. The van der Waals surface area contributed by atoms with Crippen molar-refractivity contribution >= 4 is 34.2 Å². The summed E-state index contributed by atoms with van der Waals surface area (Å²) in [6, 6.07) is 15.0. The van der Waals surface area contributed by atoms with Crippen molar-refractivity contribution in [2.45, 2.75) is 12.8 Å². The van der Waals surface area contributed by atoms with Crippen LogP contribution in [0.4, 0.5) is 5.69 Å². The van der Waals surface area contributed by atoms with Crippen molar-refractivity contribution < 1.29 is 14.4 Å². The van der Waals surface area contributed by atoms with Gasteiger partial charge in [0.25, 0.3) is 11.8 Å². The molecule has 3 heterocycles. The zero-order valence-electron chi connectivity index (χ0n) is 17.7. The number of anilines is 1. The number of hydrogen-bond donors (Lipinski definition) is 0. The number of rotatable bonds is 5. The van der Waals surface area contributed by atoms with E-state index in [0.717, 1.165) is 29.5 Å². The zero-order chi connectivity index (χ0) is 22.1. The van der Waals surface area contributed by atoms with Crippen molar-refractivity contribution in [3.05, 3.63) is 72.1 Å². The number of nitrogens with zero attached hydrogens (tertiary/aromatic N) is 4. The van der Waals surface area contributed by atoms with Crippen LogP contribution in [0.25, 0.3) is 10.8 Å². The summed E-state index contributed by atoms with van der Waals surface area (Å²) >= 11 is 0. The van der Waals surface area contributed by atoms with Crippen LogP contribution in [0, 0.1) is 0 Å². The minimum absolute atomic E-state index is 0.0683. The Hall–Kier alpha value is -3.74. The Bertz CT molecular complexity index is 1140. The van der Waals surface area contributed by atoms with E-state index in [9.17, 15) is 14.4 Å². The quantitative estimate of drug-likeness (QED) is 0.584. The second-order valence-corrected chi connectivity index (χ2v) is 8.15. The van der Waals surface area contributed by atoms with Gasteiger partial charge in [0.2, 0.25) is 5.91 Å². The molecule has 0 atom stereocenters.